The number of carboxylic acids is 1. The fourth-order valence-corrected chi connectivity index (χ4v) is 2.46. The summed E-state index contributed by atoms with van der Waals surface area (Å²) in [5, 5.41) is 25.2. The molecule has 0 aliphatic carbocycles. The Bertz CT molecular complexity index is 787. The van der Waals surface area contributed by atoms with Gasteiger partial charge in [-0.05, 0) is 13.3 Å². The smallest absolute Gasteiger partial charge is 0.326 e. The van der Waals surface area contributed by atoms with Crippen molar-refractivity contribution < 1.29 is 43.8 Å². The van der Waals surface area contributed by atoms with E-state index in [9.17, 15) is 43.8 Å². The second-order valence-corrected chi connectivity index (χ2v) is 7.14. The van der Waals surface area contributed by atoms with E-state index in [-0.39, 0.29) is 12.8 Å². The third-order valence-electron chi connectivity index (χ3n) is 4.15. The van der Waals surface area contributed by atoms with Gasteiger partial charge in [-0.2, -0.15) is 0 Å². The van der Waals surface area contributed by atoms with E-state index in [1.165, 1.54) is 0 Å². The van der Waals surface area contributed by atoms with E-state index in [0.717, 1.165) is 6.92 Å². The zero-order valence-corrected chi connectivity index (χ0v) is 17.8. The molecule has 0 aliphatic rings. The predicted octanol–water partition coefficient (Wildman–Crippen LogP) is -5.75. The largest absolute Gasteiger partial charge is 0.480 e. The first-order valence-electron chi connectivity index (χ1n) is 9.58. The van der Waals surface area contributed by atoms with Crippen molar-refractivity contribution in [3.05, 3.63) is 0 Å². The lowest BCUT2D eigenvalue weighted by Gasteiger charge is -2.26. The third kappa shape index (κ3) is 11.4. The highest BCUT2D eigenvalue weighted by molar-refractivity contribution is 5.96. The number of hydrogen-bond acceptors (Lipinski definition) is 9. The molecule has 0 heterocycles. The van der Waals surface area contributed by atoms with Gasteiger partial charge in [0.25, 0.3) is 0 Å². The first-order chi connectivity index (χ1) is 15.1. The fourth-order valence-electron chi connectivity index (χ4n) is 2.46. The van der Waals surface area contributed by atoms with Gasteiger partial charge in [0.05, 0.1) is 25.0 Å². The molecule has 0 fully saturated rings. The third-order valence-corrected chi connectivity index (χ3v) is 4.15. The van der Waals surface area contributed by atoms with Crippen LogP contribution in [0.15, 0.2) is 0 Å². The minimum Gasteiger partial charge on any atom is -0.480 e. The molecule has 6 amide bonds. The Labute approximate surface area is 187 Å². The second kappa shape index (κ2) is 13.6. The molecule has 5 atom stereocenters. The molecule has 0 bridgehead atoms. The number of carbonyl (C=O) groups is 7. The van der Waals surface area contributed by atoms with Gasteiger partial charge in [0.2, 0.25) is 35.4 Å². The highest BCUT2D eigenvalue weighted by atomic mass is 16.4. The molecule has 16 heteroatoms. The van der Waals surface area contributed by atoms with Crippen LogP contribution in [0.3, 0.4) is 0 Å². The standard InChI is InChI=1S/C17H29N7O9/c1-6(25)13(24-14(29)7(18)4-11(20)27)16(31)23-9(5-12(21)28)15(30)22-8(17(32)33)2-3-10(19)26/h6-9,13,25H,2-5,18H2,1H3,(H2,19,26)(H2,20,27)(H2,21,28)(H,22,30)(H,23,31)(H,24,29)(H,32,33). The van der Waals surface area contributed by atoms with Crippen molar-refractivity contribution in [2.24, 2.45) is 22.9 Å². The molecular weight excluding hydrogens is 446 g/mol. The zero-order chi connectivity index (χ0) is 25.9. The van der Waals surface area contributed by atoms with E-state index in [0.29, 0.717) is 0 Å². The fraction of sp³-hybridized carbons (Fsp3) is 0.588. The Kier molecular flexibility index (Phi) is 12.0. The lowest BCUT2D eigenvalue weighted by molar-refractivity contribution is -0.143. The lowest BCUT2D eigenvalue weighted by Crippen LogP contribution is -2.60. The number of aliphatic hydroxyl groups excluding tert-OH is 1. The SMILES string of the molecule is CC(O)C(NC(=O)C(N)CC(N)=O)C(=O)NC(CC(N)=O)C(=O)NC(CCC(N)=O)C(=O)O. The quantitative estimate of drug-likeness (QED) is 0.108. The summed E-state index contributed by atoms with van der Waals surface area (Å²) in [7, 11) is 0. The normalized spacial score (nSPS) is 15.1. The molecule has 33 heavy (non-hydrogen) atoms. The summed E-state index contributed by atoms with van der Waals surface area (Å²) >= 11 is 0. The zero-order valence-electron chi connectivity index (χ0n) is 17.8. The number of rotatable bonds is 15. The van der Waals surface area contributed by atoms with Crippen LogP contribution in [0.4, 0.5) is 0 Å². The van der Waals surface area contributed by atoms with Gasteiger partial charge in [0, 0.05) is 6.42 Å². The van der Waals surface area contributed by atoms with Gasteiger partial charge < -0.3 is 49.1 Å². The second-order valence-electron chi connectivity index (χ2n) is 7.14. The van der Waals surface area contributed by atoms with Crippen molar-refractivity contribution in [1.82, 2.24) is 16.0 Å². The van der Waals surface area contributed by atoms with E-state index in [4.69, 9.17) is 22.9 Å². The number of carbonyl (C=O) groups excluding carboxylic acids is 6. The van der Waals surface area contributed by atoms with Crippen LogP contribution >= 0.6 is 0 Å². The number of nitrogens with two attached hydrogens (primary N) is 4. The van der Waals surface area contributed by atoms with Crippen LogP contribution < -0.4 is 38.9 Å². The van der Waals surface area contributed by atoms with E-state index in [2.05, 4.69) is 10.6 Å². The molecular formula is C17H29N7O9. The summed E-state index contributed by atoms with van der Waals surface area (Å²) < 4.78 is 0. The van der Waals surface area contributed by atoms with Crippen LogP contribution in [0.1, 0.15) is 32.6 Å². The molecule has 0 aromatic carbocycles. The first-order valence-corrected chi connectivity index (χ1v) is 9.58. The number of amides is 6. The Balaban J connectivity index is 5.47. The van der Waals surface area contributed by atoms with Crippen molar-refractivity contribution in [3.8, 4) is 0 Å². The Morgan fingerprint density at radius 1 is 0.758 bits per heavy atom. The van der Waals surface area contributed by atoms with Gasteiger partial charge in [-0.15, -0.1) is 0 Å². The average molecular weight is 475 g/mol. The maximum Gasteiger partial charge on any atom is 0.326 e. The molecule has 0 aromatic rings. The Hall–Kier alpha value is -3.79. The van der Waals surface area contributed by atoms with E-state index in [1.54, 1.807) is 0 Å². The van der Waals surface area contributed by atoms with Crippen molar-refractivity contribution in [2.45, 2.75) is 62.9 Å². The van der Waals surface area contributed by atoms with Gasteiger partial charge >= 0.3 is 5.97 Å². The number of aliphatic hydroxyl groups is 1. The highest BCUT2D eigenvalue weighted by Crippen LogP contribution is 2.03. The molecule has 0 rings (SSSR count). The summed E-state index contributed by atoms with van der Waals surface area (Å²) in [4.78, 5) is 81.5. The summed E-state index contributed by atoms with van der Waals surface area (Å²) in [6.07, 6.45) is -3.56. The van der Waals surface area contributed by atoms with Crippen molar-refractivity contribution in [2.75, 3.05) is 0 Å². The van der Waals surface area contributed by atoms with Crippen LogP contribution in [0.2, 0.25) is 0 Å². The molecule has 13 N–H and O–H groups in total. The number of carboxylic acid groups (broad SMARTS) is 1. The van der Waals surface area contributed by atoms with Crippen LogP contribution in [0.25, 0.3) is 0 Å². The highest BCUT2D eigenvalue weighted by Gasteiger charge is 2.33. The van der Waals surface area contributed by atoms with Crippen molar-refractivity contribution in [3.63, 3.8) is 0 Å². The molecule has 0 radical (unpaired) electrons. The molecule has 5 unspecified atom stereocenters. The molecule has 186 valence electrons. The van der Waals surface area contributed by atoms with E-state index in [1.807, 2.05) is 5.32 Å². The van der Waals surface area contributed by atoms with Gasteiger partial charge in [0.15, 0.2) is 0 Å². The summed E-state index contributed by atoms with van der Waals surface area (Å²) in [5.74, 6) is -7.55. The van der Waals surface area contributed by atoms with E-state index < -0.39 is 84.5 Å². The maximum absolute atomic E-state index is 12.6. The topological polar surface area (TPSA) is 300 Å². The predicted molar refractivity (Wildman–Crippen MR) is 109 cm³/mol. The van der Waals surface area contributed by atoms with Crippen molar-refractivity contribution in [1.29, 1.82) is 0 Å². The van der Waals surface area contributed by atoms with Crippen molar-refractivity contribution >= 4 is 41.4 Å². The number of primary amides is 3. The van der Waals surface area contributed by atoms with Gasteiger partial charge in [-0.3, -0.25) is 28.8 Å². The average Bonchev–Trinajstić information content (AvgIpc) is 2.66. The molecule has 0 saturated heterocycles. The van der Waals surface area contributed by atoms with Crippen LogP contribution in [-0.4, -0.2) is 81.9 Å². The van der Waals surface area contributed by atoms with Crippen LogP contribution in [0, 0.1) is 0 Å². The molecule has 0 aromatic heterocycles. The van der Waals surface area contributed by atoms with Gasteiger partial charge in [0.1, 0.15) is 18.1 Å². The molecule has 0 aliphatic heterocycles. The van der Waals surface area contributed by atoms with E-state index >= 15 is 0 Å². The first kappa shape index (κ1) is 29.2. The number of aliphatic carboxylic acids is 1. The number of hydrogen-bond donors (Lipinski definition) is 9. The summed E-state index contributed by atoms with van der Waals surface area (Å²) in [5.41, 5.74) is 20.4. The minimum absolute atomic E-state index is 0.363. The maximum atomic E-state index is 12.6. The summed E-state index contributed by atoms with van der Waals surface area (Å²) in [6, 6.07) is -6.37. The Morgan fingerprint density at radius 2 is 1.27 bits per heavy atom. The molecule has 0 saturated carbocycles. The lowest BCUT2D eigenvalue weighted by atomic mass is 10.1. The van der Waals surface area contributed by atoms with Gasteiger partial charge in [-0.1, -0.05) is 0 Å². The molecule has 0 spiro atoms. The van der Waals surface area contributed by atoms with Crippen LogP contribution in [0.5, 0.6) is 0 Å². The Morgan fingerprint density at radius 3 is 1.70 bits per heavy atom. The molecule has 16 nitrogen and oxygen atoms in total. The minimum atomic E-state index is -1.69. The number of nitrogens with one attached hydrogen (secondary N) is 3. The van der Waals surface area contributed by atoms with Crippen LogP contribution in [-0.2, 0) is 33.6 Å². The monoisotopic (exact) mass is 475 g/mol. The summed E-state index contributed by atoms with van der Waals surface area (Å²) in [6.45, 7) is 1.12. The van der Waals surface area contributed by atoms with Gasteiger partial charge in [-0.25, -0.2) is 4.79 Å².